The Morgan fingerprint density at radius 1 is 1.17 bits per heavy atom. The van der Waals surface area contributed by atoms with E-state index in [1.165, 1.54) is 6.07 Å². The van der Waals surface area contributed by atoms with Gasteiger partial charge >= 0.3 is 0 Å². The maximum absolute atomic E-state index is 13.9. The Balaban J connectivity index is 1.78. The van der Waals surface area contributed by atoms with Gasteiger partial charge < -0.3 is 5.32 Å². The van der Waals surface area contributed by atoms with Crippen LogP contribution in [0.25, 0.3) is 22.8 Å². The van der Waals surface area contributed by atoms with Crippen LogP contribution in [0.3, 0.4) is 0 Å². The van der Waals surface area contributed by atoms with E-state index >= 15 is 0 Å². The highest BCUT2D eigenvalue weighted by Gasteiger charge is 2.20. The molecule has 0 unspecified atom stereocenters. The average Bonchev–Trinajstić information content (AvgIpc) is 3.01. The van der Waals surface area contributed by atoms with Crippen molar-refractivity contribution in [3.05, 3.63) is 54.1 Å². The average molecular weight is 309 g/mol. The summed E-state index contributed by atoms with van der Waals surface area (Å²) in [6.07, 6.45) is 1.56. The number of benzene rings is 1. The fraction of sp³-hybridized carbons (Fsp3) is 0.125. The largest absolute Gasteiger partial charge is 0.349 e. The second kappa shape index (κ2) is 5.28. The van der Waals surface area contributed by atoms with Crippen LogP contribution < -0.4 is 5.32 Å². The minimum absolute atomic E-state index is 0.154. The van der Waals surface area contributed by atoms with Gasteiger partial charge in [-0.1, -0.05) is 12.1 Å². The monoisotopic (exact) mass is 309 g/mol. The fourth-order valence-electron chi connectivity index (χ4n) is 2.53. The normalized spacial score (nSPS) is 13.5. The molecule has 0 spiro atoms. The number of fused-ring (bicyclic) bond motifs is 1. The van der Waals surface area contributed by atoms with E-state index in [2.05, 4.69) is 20.4 Å². The summed E-state index contributed by atoms with van der Waals surface area (Å²) in [5.74, 6) is -0.248. The van der Waals surface area contributed by atoms with Gasteiger partial charge in [0, 0.05) is 12.7 Å². The maximum Gasteiger partial charge on any atom is 0.269 e. The molecule has 0 saturated carbocycles. The van der Waals surface area contributed by atoms with E-state index < -0.39 is 0 Å². The third kappa shape index (κ3) is 2.36. The van der Waals surface area contributed by atoms with Gasteiger partial charge in [-0.3, -0.25) is 9.48 Å². The van der Waals surface area contributed by atoms with Crippen molar-refractivity contribution in [2.24, 2.45) is 0 Å². The molecule has 0 fully saturated rings. The van der Waals surface area contributed by atoms with Crippen molar-refractivity contribution in [1.82, 2.24) is 25.1 Å². The second-order valence-corrected chi connectivity index (χ2v) is 5.14. The first kappa shape index (κ1) is 13.6. The van der Waals surface area contributed by atoms with E-state index in [0.29, 0.717) is 35.7 Å². The third-order valence-corrected chi connectivity index (χ3v) is 3.65. The molecule has 3 heterocycles. The number of carbonyl (C=O) groups is 1. The summed E-state index contributed by atoms with van der Waals surface area (Å²) in [5, 5.41) is 7.17. The van der Waals surface area contributed by atoms with E-state index in [0.717, 1.165) is 0 Å². The molecular weight excluding hydrogens is 297 g/mol. The molecule has 7 heteroatoms. The Bertz CT molecular complexity index is 905. The third-order valence-electron chi connectivity index (χ3n) is 3.65. The van der Waals surface area contributed by atoms with Gasteiger partial charge in [-0.15, -0.1) is 0 Å². The Labute approximate surface area is 131 Å². The zero-order valence-corrected chi connectivity index (χ0v) is 12.0. The molecule has 1 aliphatic rings. The molecule has 2 aromatic heterocycles. The number of nitrogens with zero attached hydrogens (tertiary/aromatic N) is 4. The van der Waals surface area contributed by atoms with Crippen LogP contribution >= 0.6 is 0 Å². The van der Waals surface area contributed by atoms with Gasteiger partial charge in [0.25, 0.3) is 5.91 Å². The predicted molar refractivity (Wildman–Crippen MR) is 81.0 cm³/mol. The quantitative estimate of drug-likeness (QED) is 0.784. The van der Waals surface area contributed by atoms with Crippen molar-refractivity contribution in [2.45, 2.75) is 6.54 Å². The summed E-state index contributed by atoms with van der Waals surface area (Å²) in [5.41, 5.74) is 1.94. The summed E-state index contributed by atoms with van der Waals surface area (Å²) < 4.78 is 15.5. The highest BCUT2D eigenvalue weighted by atomic mass is 19.1. The maximum atomic E-state index is 13.9. The zero-order chi connectivity index (χ0) is 15.8. The first-order chi connectivity index (χ1) is 11.2. The Morgan fingerprint density at radius 2 is 2.04 bits per heavy atom. The fourth-order valence-corrected chi connectivity index (χ4v) is 2.53. The number of rotatable bonds is 2. The molecule has 1 aromatic carbocycles. The molecule has 114 valence electrons. The van der Waals surface area contributed by atoms with Gasteiger partial charge in [0.2, 0.25) is 0 Å². The Hall–Kier alpha value is -3.09. The molecule has 0 bridgehead atoms. The molecule has 1 amide bonds. The number of aromatic nitrogens is 4. The van der Waals surface area contributed by atoms with Gasteiger partial charge in [-0.2, -0.15) is 5.10 Å². The Morgan fingerprint density at radius 3 is 2.87 bits per heavy atom. The SMILES string of the molecule is O=C1NCCn2nc(-c3ccnc(-c4ccccc4F)n3)cc21. The van der Waals surface area contributed by atoms with Crippen molar-refractivity contribution in [3.8, 4) is 22.8 Å². The van der Waals surface area contributed by atoms with Crippen LogP contribution in [0.1, 0.15) is 10.5 Å². The lowest BCUT2D eigenvalue weighted by Gasteiger charge is -2.13. The van der Waals surface area contributed by atoms with Crippen LogP contribution in [-0.2, 0) is 6.54 Å². The molecule has 0 aliphatic carbocycles. The van der Waals surface area contributed by atoms with Crippen molar-refractivity contribution < 1.29 is 9.18 Å². The summed E-state index contributed by atoms with van der Waals surface area (Å²) in [7, 11) is 0. The number of nitrogens with one attached hydrogen (secondary N) is 1. The summed E-state index contributed by atoms with van der Waals surface area (Å²) in [6, 6.07) is 9.71. The lowest BCUT2D eigenvalue weighted by Crippen LogP contribution is -2.35. The minimum Gasteiger partial charge on any atom is -0.349 e. The van der Waals surface area contributed by atoms with Gasteiger partial charge in [0.1, 0.15) is 17.2 Å². The van der Waals surface area contributed by atoms with Crippen LogP contribution in [0.5, 0.6) is 0 Å². The predicted octanol–water partition coefficient (Wildman–Crippen LogP) is 1.89. The molecular formula is C16H12FN5O. The number of hydrogen-bond donors (Lipinski definition) is 1. The first-order valence-electron chi connectivity index (χ1n) is 7.17. The summed E-state index contributed by atoms with van der Waals surface area (Å²) in [6.45, 7) is 1.17. The zero-order valence-electron chi connectivity index (χ0n) is 12.0. The highest BCUT2D eigenvalue weighted by molar-refractivity contribution is 5.94. The highest BCUT2D eigenvalue weighted by Crippen LogP contribution is 2.23. The van der Waals surface area contributed by atoms with Crippen molar-refractivity contribution in [2.75, 3.05) is 6.54 Å². The van der Waals surface area contributed by atoms with Crippen LogP contribution in [0.15, 0.2) is 42.6 Å². The topological polar surface area (TPSA) is 72.7 Å². The lowest BCUT2D eigenvalue weighted by molar-refractivity contribution is 0.0924. The van der Waals surface area contributed by atoms with Gasteiger partial charge in [-0.05, 0) is 24.3 Å². The standard InChI is InChI=1S/C16H12FN5O/c17-11-4-2-1-3-10(11)15-18-6-5-12(20-15)13-9-14-16(23)19-7-8-22(14)21-13/h1-6,9H,7-8H2,(H,19,23). The first-order valence-corrected chi connectivity index (χ1v) is 7.17. The second-order valence-electron chi connectivity index (χ2n) is 5.14. The number of amides is 1. The molecule has 1 N–H and O–H groups in total. The Kier molecular flexibility index (Phi) is 3.11. The van der Waals surface area contributed by atoms with Crippen LogP contribution in [0.4, 0.5) is 4.39 Å². The molecule has 0 radical (unpaired) electrons. The van der Waals surface area contributed by atoms with Gasteiger partial charge in [-0.25, -0.2) is 14.4 Å². The van der Waals surface area contributed by atoms with Crippen LogP contribution in [0.2, 0.25) is 0 Å². The number of halogens is 1. The molecule has 0 saturated heterocycles. The smallest absolute Gasteiger partial charge is 0.269 e. The van der Waals surface area contributed by atoms with E-state index in [1.54, 1.807) is 41.2 Å². The molecule has 3 aromatic rings. The molecule has 23 heavy (non-hydrogen) atoms. The van der Waals surface area contributed by atoms with Gasteiger partial charge in [0.15, 0.2) is 5.82 Å². The van der Waals surface area contributed by atoms with Crippen molar-refractivity contribution in [3.63, 3.8) is 0 Å². The molecule has 4 rings (SSSR count). The van der Waals surface area contributed by atoms with Crippen molar-refractivity contribution >= 4 is 5.91 Å². The summed E-state index contributed by atoms with van der Waals surface area (Å²) in [4.78, 5) is 20.3. The minimum atomic E-state index is -0.381. The number of hydrogen-bond acceptors (Lipinski definition) is 4. The lowest BCUT2D eigenvalue weighted by atomic mass is 10.2. The van der Waals surface area contributed by atoms with Crippen molar-refractivity contribution in [1.29, 1.82) is 0 Å². The van der Waals surface area contributed by atoms with Crippen LogP contribution in [0, 0.1) is 5.82 Å². The van der Waals surface area contributed by atoms with E-state index in [1.807, 2.05) is 0 Å². The van der Waals surface area contributed by atoms with E-state index in [9.17, 15) is 9.18 Å². The number of carbonyl (C=O) groups excluding carboxylic acids is 1. The molecule has 1 aliphatic heterocycles. The molecule has 0 atom stereocenters. The summed E-state index contributed by atoms with van der Waals surface area (Å²) >= 11 is 0. The molecule has 6 nitrogen and oxygen atoms in total. The van der Waals surface area contributed by atoms with Gasteiger partial charge in [0.05, 0.1) is 17.8 Å². The van der Waals surface area contributed by atoms with E-state index in [4.69, 9.17) is 0 Å². The van der Waals surface area contributed by atoms with Crippen LogP contribution in [-0.4, -0.2) is 32.2 Å². The van der Waals surface area contributed by atoms with E-state index in [-0.39, 0.29) is 17.5 Å².